The third-order valence-corrected chi connectivity index (χ3v) is 49.6. The molecule has 2 bridgehead atoms. The minimum Gasteiger partial charge on any atom is -0.0716 e. The van der Waals surface area contributed by atoms with E-state index in [0.717, 1.165) is 0 Å². The topological polar surface area (TPSA) is 0 Å². The van der Waals surface area contributed by atoms with Crippen molar-refractivity contribution in [1.29, 1.82) is 0 Å². The van der Waals surface area contributed by atoms with Crippen molar-refractivity contribution in [2.75, 3.05) is 0 Å². The Labute approximate surface area is 211 Å². The van der Waals surface area contributed by atoms with Gasteiger partial charge in [-0.15, -0.1) is 0 Å². The molecule has 0 fully saturated rings. The van der Waals surface area contributed by atoms with Crippen LogP contribution in [-0.4, -0.2) is 22.3 Å². The molecule has 2 heterocycles. The van der Waals surface area contributed by atoms with Gasteiger partial charge in [-0.05, 0) is 33.1 Å². The highest BCUT2D eigenvalue weighted by Gasteiger charge is 2.84. The van der Waals surface area contributed by atoms with Crippen LogP contribution in [0.3, 0.4) is 0 Å². The molecule has 0 atom stereocenters. The zero-order chi connectivity index (χ0) is 25.3. The van der Waals surface area contributed by atoms with E-state index in [1.54, 1.807) is 22.3 Å². The highest BCUT2D eigenvalue weighted by molar-refractivity contribution is 7.70. The highest BCUT2D eigenvalue weighted by atomic mass is 29.6. The normalized spacial score (nSPS) is 24.8. The summed E-state index contributed by atoms with van der Waals surface area (Å²) in [5.41, 5.74) is 11.6. The quantitative estimate of drug-likeness (QED) is 0.283. The third kappa shape index (κ3) is 2.65. The monoisotopic (exact) mass is 502 g/mol. The van der Waals surface area contributed by atoms with Crippen LogP contribution in [0.4, 0.5) is 0 Å². The maximum atomic E-state index is 2.78. The van der Waals surface area contributed by atoms with Crippen molar-refractivity contribution in [3.63, 3.8) is 0 Å². The van der Waals surface area contributed by atoms with E-state index < -0.39 is 22.3 Å². The molecular weight excluding hydrogens is 457 g/mol. The second-order valence-corrected chi connectivity index (χ2v) is 42.7. The van der Waals surface area contributed by atoms with Gasteiger partial charge in [-0.2, -0.15) is 0 Å². The van der Waals surface area contributed by atoms with Gasteiger partial charge < -0.3 is 0 Å². The number of allylic oxidation sites excluding steroid dienone is 2. The molecule has 0 amide bonds. The Morgan fingerprint density at radius 1 is 0.588 bits per heavy atom. The van der Waals surface area contributed by atoms with E-state index in [2.05, 4.69) is 129 Å². The molecule has 0 radical (unpaired) electrons. The molecule has 0 saturated heterocycles. The summed E-state index contributed by atoms with van der Waals surface area (Å²) < 4.78 is 0. The molecular formula is C31H46Si3. The largest absolute Gasteiger partial charge is 0.0721 e. The number of rotatable bonds is 2. The predicted octanol–water partition coefficient (Wildman–Crippen LogP) is 9.24. The fourth-order valence-electron chi connectivity index (χ4n) is 9.88. The van der Waals surface area contributed by atoms with E-state index in [1.807, 2.05) is 11.1 Å². The second-order valence-electron chi connectivity index (χ2n) is 15.5. The smallest absolute Gasteiger partial charge is 0.0716 e. The van der Waals surface area contributed by atoms with Gasteiger partial charge in [0, 0.05) is 31.7 Å². The fourth-order valence-corrected chi connectivity index (χ4v) is 64.2. The van der Waals surface area contributed by atoms with Crippen LogP contribution in [0.2, 0.25) is 44.3 Å². The molecule has 0 saturated carbocycles. The zero-order valence-corrected chi connectivity index (χ0v) is 26.8. The van der Waals surface area contributed by atoms with Gasteiger partial charge in [-0.1, -0.05) is 141 Å². The van der Waals surface area contributed by atoms with Crippen LogP contribution in [-0.2, 0) is 0 Å². The molecule has 0 nitrogen and oxygen atoms in total. The lowest BCUT2D eigenvalue weighted by atomic mass is 9.70. The van der Waals surface area contributed by atoms with E-state index in [0.29, 0.717) is 16.5 Å². The number of benzene rings is 2. The van der Waals surface area contributed by atoms with Crippen molar-refractivity contribution in [2.45, 2.75) is 97.3 Å². The Hall–Kier alpha value is -1.17. The Bertz CT molecular complexity index is 1120. The molecule has 2 aliphatic carbocycles. The van der Waals surface area contributed by atoms with Gasteiger partial charge in [-0.25, -0.2) is 0 Å². The summed E-state index contributed by atoms with van der Waals surface area (Å²) >= 11 is 0. The molecule has 0 unspecified atom stereocenters. The summed E-state index contributed by atoms with van der Waals surface area (Å²) in [5, 5.41) is 0.311. The third-order valence-electron chi connectivity index (χ3n) is 9.57. The lowest BCUT2D eigenvalue weighted by molar-refractivity contribution is 0.464. The van der Waals surface area contributed by atoms with Gasteiger partial charge in [0.1, 0.15) is 0 Å². The Balaban J connectivity index is 2.04. The van der Waals surface area contributed by atoms with Gasteiger partial charge in [0.05, 0.1) is 7.11 Å². The van der Waals surface area contributed by atoms with E-state index in [1.165, 1.54) is 0 Å². The lowest BCUT2D eigenvalue weighted by Crippen LogP contribution is -2.82. The molecule has 3 heteroatoms. The first-order chi connectivity index (χ1) is 15.4. The molecule has 6 rings (SSSR count). The van der Waals surface area contributed by atoms with E-state index >= 15 is 0 Å². The molecule has 1 spiro atoms. The summed E-state index contributed by atoms with van der Waals surface area (Å²) in [7, 11) is -5.10. The first-order valence-corrected chi connectivity index (χ1v) is 24.5. The maximum Gasteiger partial charge on any atom is 0.0721 e. The van der Waals surface area contributed by atoms with E-state index in [-0.39, 0.29) is 10.8 Å². The molecule has 0 N–H and O–H groups in total. The van der Waals surface area contributed by atoms with Crippen molar-refractivity contribution >= 4 is 22.3 Å². The zero-order valence-electron chi connectivity index (χ0n) is 23.8. The molecule has 2 aromatic rings. The number of hydrogen-bond acceptors (Lipinski definition) is 0. The Kier molecular flexibility index (Phi) is 4.89. The summed E-state index contributed by atoms with van der Waals surface area (Å²) in [5.74, 6) is 0.512. The first kappa shape index (κ1) is 24.5. The van der Waals surface area contributed by atoms with Crippen LogP contribution in [0.1, 0.15) is 75.3 Å². The fraction of sp³-hybridized carbons (Fsp3) is 0.548. The van der Waals surface area contributed by atoms with Crippen LogP contribution in [0, 0.1) is 10.8 Å². The van der Waals surface area contributed by atoms with Gasteiger partial charge in [0.15, 0.2) is 0 Å². The van der Waals surface area contributed by atoms with Gasteiger partial charge in [-0.3, -0.25) is 0 Å². The molecule has 34 heavy (non-hydrogen) atoms. The van der Waals surface area contributed by atoms with Gasteiger partial charge in [0.25, 0.3) is 0 Å². The summed E-state index contributed by atoms with van der Waals surface area (Å²) in [6.07, 6.45) is 0. The minimum absolute atomic E-state index is 0.210. The minimum atomic E-state index is -1.93. The number of hydrogen-bond donors (Lipinski definition) is 0. The summed E-state index contributed by atoms with van der Waals surface area (Å²) in [6, 6.07) is 19.4. The van der Waals surface area contributed by atoms with Crippen molar-refractivity contribution in [1.82, 2.24) is 0 Å². The molecule has 4 aliphatic rings. The average Bonchev–Trinajstić information content (AvgIpc) is 3.37. The molecule has 0 aromatic heterocycles. The lowest BCUT2D eigenvalue weighted by Gasteiger charge is -2.69. The Morgan fingerprint density at radius 2 is 0.912 bits per heavy atom. The van der Waals surface area contributed by atoms with Crippen LogP contribution < -0.4 is 0 Å². The van der Waals surface area contributed by atoms with E-state index in [9.17, 15) is 0 Å². The van der Waals surface area contributed by atoms with E-state index in [4.69, 9.17) is 0 Å². The first-order valence-electron chi connectivity index (χ1n) is 13.4. The molecule has 2 aromatic carbocycles. The van der Waals surface area contributed by atoms with Crippen LogP contribution in [0.15, 0.2) is 59.7 Å². The summed E-state index contributed by atoms with van der Waals surface area (Å²) in [4.78, 5) is 0. The standard InChI is InChI=1S/C31H46Si3/c1-29(2,3)27-28(30(4,5)6)31(27)25-21-17-13-15-19-23(21)26(24-20-16-14-18-22(24)25)34(31,32(7,8)9)33(10,11)12/h13-20,25-26H,1-12H3. The van der Waals surface area contributed by atoms with Crippen molar-refractivity contribution in [3.05, 3.63) is 81.9 Å². The summed E-state index contributed by atoms with van der Waals surface area (Å²) in [6.45, 7) is 31.8. The predicted molar refractivity (Wildman–Crippen MR) is 158 cm³/mol. The highest BCUT2D eigenvalue weighted by Crippen LogP contribution is 2.88. The molecule has 2 aliphatic heterocycles. The average molecular weight is 503 g/mol. The maximum absolute atomic E-state index is 2.78. The van der Waals surface area contributed by atoms with Crippen molar-refractivity contribution in [3.8, 4) is 0 Å². The SMILES string of the molecule is CC(C)(C)C1=C(C(C)(C)C)C12C1c3ccccc3C(c3ccccc31)[Si]2([Si](C)(C)C)[Si](C)(C)C. The Morgan fingerprint density at radius 3 is 1.21 bits per heavy atom. The van der Waals surface area contributed by atoms with Gasteiger partial charge in [0.2, 0.25) is 0 Å². The van der Waals surface area contributed by atoms with Crippen molar-refractivity contribution < 1.29 is 0 Å². The second kappa shape index (κ2) is 6.77. The van der Waals surface area contributed by atoms with Crippen LogP contribution in [0.5, 0.6) is 0 Å². The molecule has 182 valence electrons. The van der Waals surface area contributed by atoms with Gasteiger partial charge >= 0.3 is 0 Å². The van der Waals surface area contributed by atoms with Crippen LogP contribution in [0.25, 0.3) is 0 Å². The van der Waals surface area contributed by atoms with Crippen molar-refractivity contribution in [2.24, 2.45) is 10.8 Å². The van der Waals surface area contributed by atoms with Crippen LogP contribution >= 0.6 is 0 Å².